The topological polar surface area (TPSA) is 159 Å². The van der Waals surface area contributed by atoms with E-state index in [1.54, 1.807) is 18.0 Å². The quantitative estimate of drug-likeness (QED) is 0.0553. The number of piperazine rings is 1. The molecular formula is C42H44ClN9O5S3. The molecule has 8 rings (SSSR count). The van der Waals surface area contributed by atoms with E-state index in [1.807, 2.05) is 47.8 Å². The maximum absolute atomic E-state index is 13.8. The maximum atomic E-state index is 13.8. The highest BCUT2D eigenvalue weighted by atomic mass is 35.5. The molecule has 2 aliphatic rings. The molecule has 0 amide bonds. The molecule has 4 aromatic carbocycles. The van der Waals surface area contributed by atoms with Gasteiger partial charge in [-0.25, -0.2) is 23.4 Å². The Morgan fingerprint density at radius 1 is 0.917 bits per heavy atom. The Morgan fingerprint density at radius 3 is 2.50 bits per heavy atom. The molecule has 2 fully saturated rings. The molecule has 0 saturated carbocycles. The summed E-state index contributed by atoms with van der Waals surface area (Å²) in [5.41, 5.74) is 4.96. The predicted octanol–water partition coefficient (Wildman–Crippen LogP) is 7.73. The average Bonchev–Trinajstić information content (AvgIpc) is 3.79. The Balaban J connectivity index is 0.937. The summed E-state index contributed by atoms with van der Waals surface area (Å²) in [6.07, 6.45) is 3.78. The van der Waals surface area contributed by atoms with Gasteiger partial charge in [0.1, 0.15) is 16.4 Å². The van der Waals surface area contributed by atoms with Gasteiger partial charge in [0.05, 0.1) is 28.5 Å². The van der Waals surface area contributed by atoms with E-state index < -0.39 is 14.9 Å². The molecule has 60 heavy (non-hydrogen) atoms. The fourth-order valence-corrected chi connectivity index (χ4v) is 10.5. The first-order valence-electron chi connectivity index (χ1n) is 19.6. The maximum Gasteiger partial charge on any atom is 0.293 e. The van der Waals surface area contributed by atoms with Gasteiger partial charge in [0.15, 0.2) is 5.82 Å². The SMILES string of the molecule is O=[N+]([O-])c1cc(S(=O)(=O)Nc2ncnc3cc(N4CCN(Cc5cc(Cl)ccc5-c5ccccc5)CC4)ccc23)ccc1NC(CCN1CCOCC1)CSc1nccs1. The van der Waals surface area contributed by atoms with Crippen LogP contribution in [0.2, 0.25) is 5.02 Å². The van der Waals surface area contributed by atoms with Crippen LogP contribution in [0.25, 0.3) is 22.0 Å². The number of ether oxygens (including phenoxy) is 1. The van der Waals surface area contributed by atoms with Gasteiger partial charge in [0.2, 0.25) is 0 Å². The Hall–Kier alpha value is -4.88. The van der Waals surface area contributed by atoms with Gasteiger partial charge in [0.25, 0.3) is 15.7 Å². The van der Waals surface area contributed by atoms with Crippen LogP contribution in [0.4, 0.5) is 22.9 Å². The first-order valence-corrected chi connectivity index (χ1v) is 23.4. The highest BCUT2D eigenvalue weighted by Crippen LogP contribution is 2.33. The molecule has 14 nitrogen and oxygen atoms in total. The Bertz CT molecular complexity index is 2520. The summed E-state index contributed by atoms with van der Waals surface area (Å²) in [4.78, 5) is 31.7. The van der Waals surface area contributed by atoms with Crippen LogP contribution in [-0.4, -0.2) is 109 Å². The number of thioether (sulfide) groups is 1. The minimum absolute atomic E-state index is 0.0827. The zero-order valence-electron chi connectivity index (χ0n) is 32.7. The van der Waals surface area contributed by atoms with Gasteiger partial charge in [-0.2, -0.15) is 0 Å². The number of sulfonamides is 1. The Kier molecular flexibility index (Phi) is 13.4. The fraction of sp³-hybridized carbons (Fsp3) is 0.310. The molecule has 4 heterocycles. The van der Waals surface area contributed by atoms with Crippen molar-refractivity contribution < 1.29 is 18.1 Å². The third-order valence-corrected chi connectivity index (χ3v) is 14.4. The van der Waals surface area contributed by atoms with Crippen LogP contribution >= 0.6 is 34.7 Å². The molecule has 312 valence electrons. The lowest BCUT2D eigenvalue weighted by Gasteiger charge is -2.36. The summed E-state index contributed by atoms with van der Waals surface area (Å²) in [7, 11) is -4.28. The van der Waals surface area contributed by atoms with Crippen LogP contribution in [0.15, 0.2) is 112 Å². The minimum Gasteiger partial charge on any atom is -0.379 e. The van der Waals surface area contributed by atoms with Crippen LogP contribution in [0.3, 0.4) is 0 Å². The second-order valence-electron chi connectivity index (χ2n) is 14.6. The van der Waals surface area contributed by atoms with Gasteiger partial charge in [0, 0.05) is 97.9 Å². The summed E-state index contributed by atoms with van der Waals surface area (Å²) in [5, 5.41) is 18.9. The second kappa shape index (κ2) is 19.2. The van der Waals surface area contributed by atoms with Crippen LogP contribution in [0.5, 0.6) is 0 Å². The standard InChI is InChI=1S/C42H44ClN9O5S3/c43-32-6-9-36(30-4-2-1-3-5-30)31(24-32)27-50-15-17-51(18-16-50)34-7-10-37-39(25-34)45-29-46-41(37)48-60(55,56)35-8-11-38(40(26-35)52(53)54)47-33(28-59-42-44-13-23-58-42)12-14-49-19-21-57-22-20-49/h1-11,13,23-26,29,33,47H,12,14-22,27-28H2,(H,45,46,48). The van der Waals surface area contributed by atoms with E-state index in [4.69, 9.17) is 16.3 Å². The molecule has 18 heteroatoms. The van der Waals surface area contributed by atoms with Crippen molar-refractivity contribution in [3.63, 3.8) is 0 Å². The molecule has 1 atom stereocenters. The van der Waals surface area contributed by atoms with E-state index in [2.05, 4.69) is 64.0 Å². The smallest absolute Gasteiger partial charge is 0.293 e. The van der Waals surface area contributed by atoms with Gasteiger partial charge in [-0.15, -0.1) is 11.3 Å². The van der Waals surface area contributed by atoms with Gasteiger partial charge < -0.3 is 15.0 Å². The zero-order valence-corrected chi connectivity index (χ0v) is 35.9. The van der Waals surface area contributed by atoms with Gasteiger partial charge in [-0.05, 0) is 65.6 Å². The number of nitro groups is 1. The van der Waals surface area contributed by atoms with Crippen LogP contribution in [-0.2, 0) is 21.3 Å². The number of morpholine rings is 1. The van der Waals surface area contributed by atoms with Crippen molar-refractivity contribution in [1.82, 2.24) is 24.8 Å². The van der Waals surface area contributed by atoms with Crippen molar-refractivity contribution in [3.05, 3.63) is 124 Å². The summed E-state index contributed by atoms with van der Waals surface area (Å²) >= 11 is 9.55. The number of nitrogens with one attached hydrogen (secondary N) is 2. The molecular weight excluding hydrogens is 842 g/mol. The van der Waals surface area contributed by atoms with E-state index in [-0.39, 0.29) is 28.1 Å². The molecule has 0 spiro atoms. The Morgan fingerprint density at radius 2 is 1.73 bits per heavy atom. The number of halogens is 1. The summed E-state index contributed by atoms with van der Waals surface area (Å²) in [6.45, 7) is 7.84. The first-order chi connectivity index (χ1) is 29.2. The minimum atomic E-state index is -4.28. The summed E-state index contributed by atoms with van der Waals surface area (Å²) in [5.74, 6) is 0.703. The van der Waals surface area contributed by atoms with Crippen molar-refractivity contribution in [1.29, 1.82) is 0 Å². The molecule has 0 bridgehead atoms. The number of nitrogens with zero attached hydrogens (tertiary/aromatic N) is 7. The number of nitro benzene ring substituents is 1. The summed E-state index contributed by atoms with van der Waals surface area (Å²) < 4.78 is 36.6. The molecule has 2 N–H and O–H groups in total. The summed E-state index contributed by atoms with van der Waals surface area (Å²) in [6, 6.07) is 25.9. The van der Waals surface area contributed by atoms with E-state index in [9.17, 15) is 18.5 Å². The number of rotatable bonds is 16. The van der Waals surface area contributed by atoms with E-state index in [0.717, 1.165) is 80.4 Å². The molecule has 2 saturated heterocycles. The number of thiazole rings is 1. The largest absolute Gasteiger partial charge is 0.379 e. The number of aromatic nitrogens is 3. The number of anilines is 3. The third kappa shape index (κ3) is 10.3. The Labute approximate surface area is 362 Å². The lowest BCUT2D eigenvalue weighted by molar-refractivity contribution is -0.384. The first kappa shape index (κ1) is 41.8. The second-order valence-corrected chi connectivity index (χ2v) is 18.9. The average molecular weight is 887 g/mol. The van der Waals surface area contributed by atoms with E-state index in [0.29, 0.717) is 34.9 Å². The van der Waals surface area contributed by atoms with Crippen molar-refractivity contribution >= 4 is 78.5 Å². The van der Waals surface area contributed by atoms with Crippen molar-refractivity contribution in [3.8, 4) is 11.1 Å². The van der Waals surface area contributed by atoms with Gasteiger partial charge >= 0.3 is 0 Å². The fourth-order valence-electron chi connectivity index (χ4n) is 7.49. The highest BCUT2D eigenvalue weighted by Gasteiger charge is 2.26. The van der Waals surface area contributed by atoms with E-state index in [1.165, 1.54) is 40.9 Å². The number of hydrogen-bond donors (Lipinski definition) is 2. The van der Waals surface area contributed by atoms with Crippen molar-refractivity contribution in [2.75, 3.05) is 79.7 Å². The van der Waals surface area contributed by atoms with Crippen LogP contribution in [0, 0.1) is 10.1 Å². The molecule has 2 aromatic heterocycles. The number of fused-ring (bicyclic) bond motifs is 1. The third-order valence-electron chi connectivity index (χ3n) is 10.7. The van der Waals surface area contributed by atoms with Crippen LogP contribution < -0.4 is 14.9 Å². The predicted molar refractivity (Wildman–Crippen MR) is 240 cm³/mol. The molecule has 2 aliphatic heterocycles. The zero-order chi connectivity index (χ0) is 41.5. The number of hydrogen-bond acceptors (Lipinski definition) is 14. The lowest BCUT2D eigenvalue weighted by atomic mass is 9.99. The molecule has 6 aromatic rings. The van der Waals surface area contributed by atoms with E-state index >= 15 is 0 Å². The monoisotopic (exact) mass is 885 g/mol. The normalized spacial score (nSPS) is 15.8. The van der Waals surface area contributed by atoms with Crippen molar-refractivity contribution in [2.24, 2.45) is 0 Å². The molecule has 1 unspecified atom stereocenters. The molecule has 0 aliphatic carbocycles. The van der Waals surface area contributed by atoms with Gasteiger partial charge in [-0.1, -0.05) is 59.8 Å². The molecule has 0 radical (unpaired) electrons. The highest BCUT2D eigenvalue weighted by molar-refractivity contribution is 8.01. The van der Waals surface area contributed by atoms with Gasteiger partial charge in [-0.3, -0.25) is 24.6 Å². The number of benzene rings is 4. The lowest BCUT2D eigenvalue weighted by Crippen LogP contribution is -2.46. The van der Waals surface area contributed by atoms with Crippen molar-refractivity contribution in [2.45, 2.75) is 28.2 Å². The van der Waals surface area contributed by atoms with Crippen LogP contribution in [0.1, 0.15) is 12.0 Å².